The van der Waals surface area contributed by atoms with E-state index in [1.165, 1.54) is 0 Å². The Bertz CT molecular complexity index is 400. The zero-order chi connectivity index (χ0) is 11.9. The maximum atomic E-state index is 11.4. The van der Waals surface area contributed by atoms with Gasteiger partial charge in [-0.25, -0.2) is 8.42 Å². The summed E-state index contributed by atoms with van der Waals surface area (Å²) in [5, 5.41) is 0. The normalized spacial score (nSPS) is 23.9. The monoisotopic (exact) mass is 257 g/mol. The van der Waals surface area contributed by atoms with Crippen molar-refractivity contribution >= 4 is 20.0 Å². The summed E-state index contributed by atoms with van der Waals surface area (Å²) in [5.41, 5.74) is 5.43. The summed E-state index contributed by atoms with van der Waals surface area (Å²) in [5.74, 6) is -0.720. The van der Waals surface area contributed by atoms with Crippen LogP contribution in [0.1, 0.15) is 25.7 Å². The summed E-state index contributed by atoms with van der Waals surface area (Å²) in [6.45, 7) is 0. The molecule has 1 unspecified atom stereocenters. The molecule has 8 heteroatoms. The van der Waals surface area contributed by atoms with Crippen LogP contribution < -0.4 is 5.73 Å². The summed E-state index contributed by atoms with van der Waals surface area (Å²) in [6.07, 6.45) is 3.01. The van der Waals surface area contributed by atoms with Crippen LogP contribution in [0.25, 0.3) is 0 Å². The third kappa shape index (κ3) is 2.03. The molecule has 0 radical (unpaired) electrons. The Morgan fingerprint density at radius 1 is 1.20 bits per heavy atom. The number of nitrogens with two attached hydrogens (primary N) is 1. The highest BCUT2D eigenvalue weighted by Gasteiger charge is 2.55. The van der Waals surface area contributed by atoms with Gasteiger partial charge in [-0.2, -0.15) is 8.42 Å². The molecule has 1 aliphatic carbocycles. The van der Waals surface area contributed by atoms with Crippen molar-refractivity contribution in [3.63, 3.8) is 0 Å². The van der Waals surface area contributed by atoms with Crippen molar-refractivity contribution in [2.45, 2.75) is 29.9 Å². The second kappa shape index (κ2) is 3.69. The van der Waals surface area contributed by atoms with E-state index >= 15 is 0 Å². The van der Waals surface area contributed by atoms with E-state index in [9.17, 15) is 16.8 Å². The van der Waals surface area contributed by atoms with Crippen LogP contribution in [0, 0.1) is 5.92 Å². The molecule has 0 aromatic rings. The maximum Gasteiger partial charge on any atom is 0.299 e. The highest BCUT2D eigenvalue weighted by molar-refractivity contribution is 8.07. The Labute approximate surface area is 89.5 Å². The van der Waals surface area contributed by atoms with Gasteiger partial charge in [-0.15, -0.1) is 0 Å². The topological polar surface area (TPSA) is 115 Å². The van der Waals surface area contributed by atoms with Crippen LogP contribution in [-0.2, 0) is 20.0 Å². The van der Waals surface area contributed by atoms with E-state index in [2.05, 4.69) is 0 Å². The lowest BCUT2D eigenvalue weighted by atomic mass is 10.1. The van der Waals surface area contributed by atoms with Gasteiger partial charge in [0.1, 0.15) is 0 Å². The number of hydrogen-bond donors (Lipinski definition) is 2. The molecule has 15 heavy (non-hydrogen) atoms. The minimum Gasteiger partial charge on any atom is -0.298 e. The summed E-state index contributed by atoms with van der Waals surface area (Å²) >= 11 is 0. The Hall–Kier alpha value is -0.180. The molecule has 3 N–H and O–H groups in total. The molecule has 0 aromatic carbocycles. The number of rotatable bonds is 3. The second-order valence-electron chi connectivity index (χ2n) is 3.95. The minimum atomic E-state index is -4.82. The molecule has 90 valence electrons. The highest BCUT2D eigenvalue weighted by Crippen LogP contribution is 2.38. The van der Waals surface area contributed by atoms with Gasteiger partial charge in [-0.05, 0) is 12.8 Å². The zero-order valence-electron chi connectivity index (χ0n) is 8.38. The molecule has 0 amide bonds. The van der Waals surface area contributed by atoms with Gasteiger partial charge in [0.15, 0.2) is 9.84 Å². The van der Waals surface area contributed by atoms with E-state index in [0.29, 0.717) is 12.8 Å². The van der Waals surface area contributed by atoms with Crippen molar-refractivity contribution in [3.05, 3.63) is 0 Å². The van der Waals surface area contributed by atoms with E-state index in [0.717, 1.165) is 19.1 Å². The van der Waals surface area contributed by atoms with Gasteiger partial charge in [0.2, 0.25) is 4.20 Å². The first kappa shape index (κ1) is 12.9. The molecule has 6 nitrogen and oxygen atoms in total. The molecule has 0 aliphatic heterocycles. The van der Waals surface area contributed by atoms with E-state index < -0.39 is 30.1 Å². The molecule has 1 atom stereocenters. The Balaban J connectivity index is 3.31. The van der Waals surface area contributed by atoms with Crippen molar-refractivity contribution in [2.24, 2.45) is 11.7 Å². The van der Waals surface area contributed by atoms with Gasteiger partial charge < -0.3 is 0 Å². The first-order valence-electron chi connectivity index (χ1n) is 4.56. The van der Waals surface area contributed by atoms with Gasteiger partial charge in [-0.3, -0.25) is 10.3 Å². The average molecular weight is 257 g/mol. The molecule has 0 heterocycles. The number of sulfone groups is 1. The highest BCUT2D eigenvalue weighted by atomic mass is 32.3. The van der Waals surface area contributed by atoms with E-state index in [4.69, 9.17) is 10.3 Å². The molecule has 0 spiro atoms. The summed E-state index contributed by atoms with van der Waals surface area (Å²) in [4.78, 5) is 0. The molecule has 1 saturated carbocycles. The third-order valence-corrected chi connectivity index (χ3v) is 7.08. The van der Waals surface area contributed by atoms with Gasteiger partial charge in [-0.1, -0.05) is 12.8 Å². The second-order valence-corrected chi connectivity index (χ2v) is 8.05. The van der Waals surface area contributed by atoms with Crippen molar-refractivity contribution in [1.82, 2.24) is 0 Å². The first-order chi connectivity index (χ1) is 6.61. The van der Waals surface area contributed by atoms with Crippen LogP contribution in [-0.4, -0.2) is 31.8 Å². The van der Waals surface area contributed by atoms with Crippen LogP contribution in [0.3, 0.4) is 0 Å². The molecule has 1 fully saturated rings. The predicted molar refractivity (Wildman–Crippen MR) is 55.3 cm³/mol. The maximum absolute atomic E-state index is 11.4. The zero-order valence-corrected chi connectivity index (χ0v) is 10.0. The molecular weight excluding hydrogens is 242 g/mol. The Morgan fingerprint density at radius 3 is 1.87 bits per heavy atom. The fraction of sp³-hybridized carbons (Fsp3) is 1.00. The van der Waals surface area contributed by atoms with E-state index in [-0.39, 0.29) is 0 Å². The van der Waals surface area contributed by atoms with Crippen molar-refractivity contribution < 1.29 is 21.4 Å². The van der Waals surface area contributed by atoms with Gasteiger partial charge in [0.25, 0.3) is 10.1 Å². The fourth-order valence-electron chi connectivity index (χ4n) is 2.03. The Morgan fingerprint density at radius 2 is 1.60 bits per heavy atom. The standard InChI is InChI=1S/C7H15NO5S2/c1-14(9,10)7(8,15(11,12)13)6-4-2-3-5-6/h6H,2-5,8H2,1H3,(H,11,12,13). The van der Waals surface area contributed by atoms with Crippen LogP contribution in [0.5, 0.6) is 0 Å². The summed E-state index contributed by atoms with van der Waals surface area (Å²) in [7, 11) is -8.88. The van der Waals surface area contributed by atoms with Crippen LogP contribution in [0.2, 0.25) is 0 Å². The smallest absolute Gasteiger partial charge is 0.298 e. The van der Waals surface area contributed by atoms with Crippen molar-refractivity contribution in [1.29, 1.82) is 0 Å². The van der Waals surface area contributed by atoms with E-state index in [1.807, 2.05) is 0 Å². The lowest BCUT2D eigenvalue weighted by Gasteiger charge is -2.29. The summed E-state index contributed by atoms with van der Waals surface area (Å²) in [6, 6.07) is 0. The van der Waals surface area contributed by atoms with Crippen molar-refractivity contribution in [2.75, 3.05) is 6.26 Å². The van der Waals surface area contributed by atoms with Crippen molar-refractivity contribution in [3.8, 4) is 0 Å². The SMILES string of the molecule is CS(=O)(=O)C(N)(C1CCCC1)S(=O)(=O)O. The molecular formula is C7H15NO5S2. The lowest BCUT2D eigenvalue weighted by Crippen LogP contribution is -2.58. The molecule has 0 bridgehead atoms. The lowest BCUT2D eigenvalue weighted by molar-refractivity contribution is 0.392. The van der Waals surface area contributed by atoms with Crippen LogP contribution >= 0.6 is 0 Å². The van der Waals surface area contributed by atoms with Crippen LogP contribution in [0.4, 0.5) is 0 Å². The molecule has 1 aliphatic rings. The largest absolute Gasteiger partial charge is 0.299 e. The molecule has 0 saturated heterocycles. The number of hydrogen-bond acceptors (Lipinski definition) is 5. The van der Waals surface area contributed by atoms with Crippen LogP contribution in [0.15, 0.2) is 0 Å². The van der Waals surface area contributed by atoms with Gasteiger partial charge in [0, 0.05) is 12.2 Å². The molecule has 0 aromatic heterocycles. The average Bonchev–Trinajstić information content (AvgIpc) is 2.49. The predicted octanol–water partition coefficient (Wildman–Crippen LogP) is -0.278. The first-order valence-corrected chi connectivity index (χ1v) is 7.89. The summed E-state index contributed by atoms with van der Waals surface area (Å²) < 4.78 is 51.6. The quantitative estimate of drug-likeness (QED) is 0.672. The van der Waals surface area contributed by atoms with Gasteiger partial charge in [0.05, 0.1) is 0 Å². The van der Waals surface area contributed by atoms with E-state index in [1.54, 1.807) is 0 Å². The van der Waals surface area contributed by atoms with Gasteiger partial charge >= 0.3 is 0 Å². The Kier molecular flexibility index (Phi) is 3.17. The third-order valence-electron chi connectivity index (χ3n) is 2.91. The minimum absolute atomic E-state index is 0.406. The molecule has 1 rings (SSSR count). The fourth-order valence-corrected chi connectivity index (χ4v) is 5.06.